The number of hydrogen-bond acceptors (Lipinski definition) is 4. The molecule has 18 heavy (non-hydrogen) atoms. The summed E-state index contributed by atoms with van der Waals surface area (Å²) < 4.78 is 22.7. The minimum atomic E-state index is -0.355. The molecule has 2 saturated heterocycles. The van der Waals surface area contributed by atoms with Crippen LogP contribution in [0, 0.1) is 11.8 Å². The van der Waals surface area contributed by atoms with E-state index in [1.54, 1.807) is 7.11 Å². The van der Waals surface area contributed by atoms with E-state index in [0.717, 1.165) is 25.9 Å². The lowest BCUT2D eigenvalue weighted by Gasteiger charge is -2.49. The van der Waals surface area contributed by atoms with Crippen LogP contribution in [0.2, 0.25) is 0 Å². The molecular weight excluding hydrogens is 232 g/mol. The normalized spacial score (nSPS) is 41.2. The van der Waals surface area contributed by atoms with E-state index < -0.39 is 0 Å². The Morgan fingerprint density at radius 1 is 1.28 bits per heavy atom. The molecule has 0 N–H and O–H groups in total. The molecule has 0 aromatic heterocycles. The van der Waals surface area contributed by atoms with E-state index in [9.17, 15) is 0 Å². The van der Waals surface area contributed by atoms with Crippen molar-refractivity contribution in [3.63, 3.8) is 0 Å². The molecule has 106 valence electrons. The molecule has 0 aromatic rings. The van der Waals surface area contributed by atoms with Crippen LogP contribution >= 0.6 is 0 Å². The first-order valence-corrected chi connectivity index (χ1v) is 7.06. The summed E-state index contributed by atoms with van der Waals surface area (Å²) in [7, 11) is 1.64. The minimum Gasteiger partial charge on any atom is -0.359 e. The molecule has 0 unspecified atom stereocenters. The molecule has 0 aliphatic carbocycles. The van der Waals surface area contributed by atoms with Gasteiger partial charge in [-0.15, -0.1) is 0 Å². The topological polar surface area (TPSA) is 36.9 Å². The zero-order valence-corrected chi connectivity index (χ0v) is 11.8. The third kappa shape index (κ3) is 3.05. The summed E-state index contributed by atoms with van der Waals surface area (Å²) in [5.74, 6) is 0.639. The number of ether oxygens (including phenoxy) is 4. The Morgan fingerprint density at radius 2 is 2.11 bits per heavy atom. The first-order valence-electron chi connectivity index (χ1n) is 7.06. The van der Waals surface area contributed by atoms with E-state index in [1.807, 2.05) is 0 Å². The van der Waals surface area contributed by atoms with Gasteiger partial charge in [0.2, 0.25) is 0 Å². The third-order valence-corrected chi connectivity index (χ3v) is 4.30. The zero-order valence-electron chi connectivity index (χ0n) is 11.8. The van der Waals surface area contributed by atoms with Crippen LogP contribution in [0.5, 0.6) is 0 Å². The average molecular weight is 258 g/mol. The van der Waals surface area contributed by atoms with Crippen molar-refractivity contribution < 1.29 is 18.9 Å². The number of hydrogen-bond donors (Lipinski definition) is 0. The quantitative estimate of drug-likeness (QED) is 0.573. The maximum Gasteiger partial charge on any atom is 0.171 e. The SMILES string of the molecule is COCOC[C@H]1O[C@@]2(CC[C@@H]1C)OCCC[C@H]2C. The molecule has 0 radical (unpaired) electrons. The Kier molecular flexibility index (Phi) is 5.01. The van der Waals surface area contributed by atoms with Gasteiger partial charge in [-0.25, -0.2) is 0 Å². The van der Waals surface area contributed by atoms with Gasteiger partial charge in [-0.3, -0.25) is 0 Å². The first kappa shape index (κ1) is 14.3. The van der Waals surface area contributed by atoms with Gasteiger partial charge >= 0.3 is 0 Å². The fourth-order valence-electron chi connectivity index (χ4n) is 2.96. The molecule has 2 heterocycles. The van der Waals surface area contributed by atoms with Crippen LogP contribution in [-0.4, -0.2) is 39.0 Å². The van der Waals surface area contributed by atoms with Crippen LogP contribution < -0.4 is 0 Å². The highest BCUT2D eigenvalue weighted by molar-refractivity contribution is 4.88. The standard InChI is InChI=1S/C14H26O4/c1-11-6-7-14(12(2)5-4-8-17-14)18-13(11)9-16-10-15-3/h11-13H,4-10H2,1-3H3/t11-,12+,13+,14+/m0/s1. The molecular formula is C14H26O4. The van der Waals surface area contributed by atoms with Gasteiger partial charge in [0.05, 0.1) is 19.3 Å². The van der Waals surface area contributed by atoms with E-state index in [-0.39, 0.29) is 11.9 Å². The summed E-state index contributed by atoms with van der Waals surface area (Å²) in [4.78, 5) is 0. The highest BCUT2D eigenvalue weighted by Gasteiger charge is 2.46. The van der Waals surface area contributed by atoms with E-state index in [4.69, 9.17) is 18.9 Å². The fourth-order valence-corrected chi connectivity index (χ4v) is 2.96. The highest BCUT2D eigenvalue weighted by Crippen LogP contribution is 2.42. The molecule has 4 heteroatoms. The molecule has 0 amide bonds. The van der Waals surface area contributed by atoms with Crippen LogP contribution in [0.1, 0.15) is 39.5 Å². The van der Waals surface area contributed by atoms with Crippen LogP contribution in [-0.2, 0) is 18.9 Å². The maximum absolute atomic E-state index is 6.28. The maximum atomic E-state index is 6.28. The predicted molar refractivity (Wildman–Crippen MR) is 68.2 cm³/mol. The van der Waals surface area contributed by atoms with Crippen molar-refractivity contribution in [2.75, 3.05) is 27.1 Å². The van der Waals surface area contributed by atoms with Crippen molar-refractivity contribution in [3.8, 4) is 0 Å². The summed E-state index contributed by atoms with van der Waals surface area (Å²) in [6, 6.07) is 0. The van der Waals surface area contributed by atoms with Crippen molar-refractivity contribution in [2.45, 2.75) is 51.4 Å². The largest absolute Gasteiger partial charge is 0.359 e. The molecule has 2 fully saturated rings. The molecule has 0 aromatic carbocycles. The Bertz CT molecular complexity index is 258. The first-order chi connectivity index (χ1) is 8.68. The lowest BCUT2D eigenvalue weighted by Crippen LogP contribution is -2.53. The van der Waals surface area contributed by atoms with Gasteiger partial charge in [0.1, 0.15) is 6.79 Å². The van der Waals surface area contributed by atoms with Gasteiger partial charge in [0.15, 0.2) is 5.79 Å². The lowest BCUT2D eigenvalue weighted by atomic mass is 9.83. The smallest absolute Gasteiger partial charge is 0.171 e. The van der Waals surface area contributed by atoms with Gasteiger partial charge in [0.25, 0.3) is 0 Å². The Balaban J connectivity index is 1.94. The second kappa shape index (κ2) is 6.33. The second-order valence-corrected chi connectivity index (χ2v) is 5.65. The van der Waals surface area contributed by atoms with E-state index in [0.29, 0.717) is 25.2 Å². The van der Waals surface area contributed by atoms with Gasteiger partial charge in [0, 0.05) is 19.4 Å². The fraction of sp³-hybridized carbons (Fsp3) is 1.00. The van der Waals surface area contributed by atoms with Crippen molar-refractivity contribution in [3.05, 3.63) is 0 Å². The number of methoxy groups -OCH3 is 1. The van der Waals surface area contributed by atoms with Gasteiger partial charge in [-0.2, -0.15) is 0 Å². The predicted octanol–water partition coefficient (Wildman–Crippen LogP) is 2.56. The zero-order chi connectivity index (χ0) is 13.0. The summed E-state index contributed by atoms with van der Waals surface area (Å²) in [6.45, 7) is 6.20. The molecule has 1 spiro atoms. The van der Waals surface area contributed by atoms with Crippen LogP contribution in [0.3, 0.4) is 0 Å². The molecule has 2 rings (SSSR count). The van der Waals surface area contributed by atoms with Gasteiger partial charge < -0.3 is 18.9 Å². The van der Waals surface area contributed by atoms with Crippen molar-refractivity contribution in [2.24, 2.45) is 11.8 Å². The van der Waals surface area contributed by atoms with E-state index in [1.165, 1.54) is 6.42 Å². The van der Waals surface area contributed by atoms with E-state index >= 15 is 0 Å². The van der Waals surface area contributed by atoms with Crippen LogP contribution in [0.15, 0.2) is 0 Å². The van der Waals surface area contributed by atoms with Crippen molar-refractivity contribution in [1.82, 2.24) is 0 Å². The lowest BCUT2D eigenvalue weighted by molar-refractivity contribution is -0.332. The summed E-state index contributed by atoms with van der Waals surface area (Å²) in [6.07, 6.45) is 4.61. The van der Waals surface area contributed by atoms with Crippen LogP contribution in [0.4, 0.5) is 0 Å². The van der Waals surface area contributed by atoms with Crippen molar-refractivity contribution in [1.29, 1.82) is 0 Å². The average Bonchev–Trinajstić information content (AvgIpc) is 2.38. The monoisotopic (exact) mass is 258 g/mol. The van der Waals surface area contributed by atoms with E-state index in [2.05, 4.69) is 13.8 Å². The third-order valence-electron chi connectivity index (χ3n) is 4.30. The van der Waals surface area contributed by atoms with Crippen LogP contribution in [0.25, 0.3) is 0 Å². The summed E-state index contributed by atoms with van der Waals surface area (Å²) in [5.41, 5.74) is 0. The molecule has 2 aliphatic rings. The van der Waals surface area contributed by atoms with Crippen molar-refractivity contribution >= 4 is 0 Å². The summed E-state index contributed by atoms with van der Waals surface area (Å²) >= 11 is 0. The number of rotatable bonds is 4. The molecule has 4 atom stereocenters. The highest BCUT2D eigenvalue weighted by atomic mass is 16.7. The molecule has 4 nitrogen and oxygen atoms in total. The Morgan fingerprint density at radius 3 is 2.83 bits per heavy atom. The van der Waals surface area contributed by atoms with Gasteiger partial charge in [-0.05, 0) is 25.2 Å². The van der Waals surface area contributed by atoms with Gasteiger partial charge in [-0.1, -0.05) is 13.8 Å². The molecule has 0 saturated carbocycles. The molecule has 2 aliphatic heterocycles. The molecule has 0 bridgehead atoms. The Hall–Kier alpha value is -0.160. The minimum absolute atomic E-state index is 0.120. The second-order valence-electron chi connectivity index (χ2n) is 5.65. The summed E-state index contributed by atoms with van der Waals surface area (Å²) in [5, 5.41) is 0. The Labute approximate surface area is 110 Å².